The van der Waals surface area contributed by atoms with Crippen LogP contribution in [-0.4, -0.2) is 13.6 Å². The summed E-state index contributed by atoms with van der Waals surface area (Å²) in [7, 11) is -3.80. The van der Waals surface area contributed by atoms with Gasteiger partial charge in [-0.2, -0.15) is 0 Å². The number of nitrogens with zero attached hydrogens (tertiary/aromatic N) is 1. The Kier molecular flexibility index (Phi) is 3.87. The number of sulfonamides is 1. The molecule has 1 aromatic heterocycles. The van der Waals surface area contributed by atoms with Crippen LogP contribution in [0.5, 0.6) is 0 Å². The zero-order chi connectivity index (χ0) is 16.4. The molecule has 1 heterocycles. The average Bonchev–Trinajstić information content (AvgIpc) is 2.89. The van der Waals surface area contributed by atoms with E-state index < -0.39 is 10.0 Å². The molecule has 0 aliphatic heterocycles. The SMILES string of the molecule is Cc1noc(NS(=O)(=O)c2ccccc2)c1-c1ccc(F)cc1. The van der Waals surface area contributed by atoms with E-state index in [1.807, 2.05) is 0 Å². The molecular weight excluding hydrogens is 319 g/mol. The van der Waals surface area contributed by atoms with E-state index in [-0.39, 0.29) is 16.6 Å². The number of anilines is 1. The summed E-state index contributed by atoms with van der Waals surface area (Å²) < 4.78 is 45.3. The number of hydrogen-bond acceptors (Lipinski definition) is 4. The second-order valence-electron chi connectivity index (χ2n) is 4.90. The highest BCUT2D eigenvalue weighted by Crippen LogP contribution is 2.32. The summed E-state index contributed by atoms with van der Waals surface area (Å²) in [5, 5.41) is 3.80. The lowest BCUT2D eigenvalue weighted by Gasteiger charge is -2.07. The molecule has 0 aliphatic carbocycles. The molecule has 3 rings (SSSR count). The highest BCUT2D eigenvalue weighted by Gasteiger charge is 2.21. The zero-order valence-electron chi connectivity index (χ0n) is 12.2. The lowest BCUT2D eigenvalue weighted by Crippen LogP contribution is -2.12. The van der Waals surface area contributed by atoms with Crippen LogP contribution < -0.4 is 4.72 Å². The number of nitrogens with one attached hydrogen (secondary N) is 1. The van der Waals surface area contributed by atoms with Crippen LogP contribution in [0.3, 0.4) is 0 Å². The maximum atomic E-state index is 13.1. The molecule has 0 unspecified atom stereocenters. The zero-order valence-corrected chi connectivity index (χ0v) is 13.0. The molecule has 0 radical (unpaired) electrons. The van der Waals surface area contributed by atoms with Crippen molar-refractivity contribution in [2.75, 3.05) is 4.72 Å². The monoisotopic (exact) mass is 332 g/mol. The number of rotatable bonds is 4. The maximum absolute atomic E-state index is 13.1. The van der Waals surface area contributed by atoms with Gasteiger partial charge >= 0.3 is 0 Å². The first kappa shape index (κ1) is 15.2. The summed E-state index contributed by atoms with van der Waals surface area (Å²) in [6, 6.07) is 13.6. The van der Waals surface area contributed by atoms with Crippen LogP contribution in [0.15, 0.2) is 64.0 Å². The van der Waals surface area contributed by atoms with E-state index in [4.69, 9.17) is 4.52 Å². The van der Waals surface area contributed by atoms with Gasteiger partial charge in [0.2, 0.25) is 5.88 Å². The van der Waals surface area contributed by atoms with E-state index in [0.29, 0.717) is 16.8 Å². The molecule has 2 aromatic carbocycles. The van der Waals surface area contributed by atoms with Crippen molar-refractivity contribution >= 4 is 15.9 Å². The fourth-order valence-corrected chi connectivity index (χ4v) is 3.19. The lowest BCUT2D eigenvalue weighted by molar-refractivity contribution is 0.430. The molecule has 0 bridgehead atoms. The summed E-state index contributed by atoms with van der Waals surface area (Å²) in [6.45, 7) is 1.68. The largest absolute Gasteiger partial charge is 0.337 e. The molecule has 0 spiro atoms. The van der Waals surface area contributed by atoms with Gasteiger partial charge in [0.1, 0.15) is 5.82 Å². The van der Waals surface area contributed by atoms with E-state index in [1.54, 1.807) is 25.1 Å². The Morgan fingerprint density at radius 2 is 1.70 bits per heavy atom. The third kappa shape index (κ3) is 3.09. The first-order valence-corrected chi connectivity index (χ1v) is 8.26. The summed E-state index contributed by atoms with van der Waals surface area (Å²) in [5.41, 5.74) is 1.59. The van der Waals surface area contributed by atoms with Crippen LogP contribution >= 0.6 is 0 Å². The Hall–Kier alpha value is -2.67. The second-order valence-corrected chi connectivity index (χ2v) is 6.58. The number of benzene rings is 2. The number of halogens is 1. The molecule has 0 saturated carbocycles. The van der Waals surface area contributed by atoms with Gasteiger partial charge in [-0.05, 0) is 36.8 Å². The van der Waals surface area contributed by atoms with Gasteiger partial charge in [-0.1, -0.05) is 35.5 Å². The number of aryl methyl sites for hydroxylation is 1. The highest BCUT2D eigenvalue weighted by molar-refractivity contribution is 7.92. The Balaban J connectivity index is 2.01. The maximum Gasteiger partial charge on any atom is 0.264 e. The minimum atomic E-state index is -3.80. The molecule has 0 aliphatic rings. The van der Waals surface area contributed by atoms with Crippen LogP contribution in [0.1, 0.15) is 5.69 Å². The summed E-state index contributed by atoms with van der Waals surface area (Å²) in [6.07, 6.45) is 0. The quantitative estimate of drug-likeness (QED) is 0.792. The van der Waals surface area contributed by atoms with Crippen LogP contribution in [0.2, 0.25) is 0 Å². The van der Waals surface area contributed by atoms with E-state index in [9.17, 15) is 12.8 Å². The molecule has 7 heteroatoms. The number of hydrogen-bond donors (Lipinski definition) is 1. The van der Waals surface area contributed by atoms with Crippen molar-refractivity contribution < 1.29 is 17.3 Å². The van der Waals surface area contributed by atoms with Gasteiger partial charge in [-0.3, -0.25) is 0 Å². The van der Waals surface area contributed by atoms with Crippen molar-refractivity contribution in [1.29, 1.82) is 0 Å². The van der Waals surface area contributed by atoms with Crippen molar-refractivity contribution in [1.82, 2.24) is 5.16 Å². The van der Waals surface area contributed by atoms with Gasteiger partial charge < -0.3 is 4.52 Å². The van der Waals surface area contributed by atoms with Crippen LogP contribution in [0.25, 0.3) is 11.1 Å². The first-order valence-electron chi connectivity index (χ1n) is 6.77. The Morgan fingerprint density at radius 1 is 1.04 bits per heavy atom. The lowest BCUT2D eigenvalue weighted by atomic mass is 10.1. The Labute approximate surface area is 132 Å². The van der Waals surface area contributed by atoms with E-state index in [2.05, 4.69) is 9.88 Å². The Morgan fingerprint density at radius 3 is 2.35 bits per heavy atom. The van der Waals surface area contributed by atoms with Crippen molar-refractivity contribution in [2.45, 2.75) is 11.8 Å². The minimum absolute atomic E-state index is 0.00189. The first-order chi connectivity index (χ1) is 11.0. The molecule has 3 aromatic rings. The molecule has 23 heavy (non-hydrogen) atoms. The molecule has 1 N–H and O–H groups in total. The average molecular weight is 332 g/mol. The molecule has 0 fully saturated rings. The van der Waals surface area contributed by atoms with E-state index in [1.165, 1.54) is 36.4 Å². The highest BCUT2D eigenvalue weighted by atomic mass is 32.2. The van der Waals surface area contributed by atoms with Gasteiger partial charge in [-0.15, -0.1) is 0 Å². The van der Waals surface area contributed by atoms with Crippen LogP contribution in [-0.2, 0) is 10.0 Å². The van der Waals surface area contributed by atoms with E-state index >= 15 is 0 Å². The molecule has 0 atom stereocenters. The predicted octanol–water partition coefficient (Wildman–Crippen LogP) is 3.59. The normalized spacial score (nSPS) is 11.4. The summed E-state index contributed by atoms with van der Waals surface area (Å²) >= 11 is 0. The van der Waals surface area contributed by atoms with Gasteiger partial charge in [0.15, 0.2) is 0 Å². The van der Waals surface area contributed by atoms with Gasteiger partial charge in [0, 0.05) is 0 Å². The second kappa shape index (κ2) is 5.85. The van der Waals surface area contributed by atoms with Gasteiger partial charge in [-0.25, -0.2) is 17.5 Å². The molecule has 118 valence electrons. The minimum Gasteiger partial charge on any atom is -0.337 e. The van der Waals surface area contributed by atoms with Crippen molar-refractivity contribution in [2.24, 2.45) is 0 Å². The van der Waals surface area contributed by atoms with Crippen molar-refractivity contribution in [3.63, 3.8) is 0 Å². The number of aromatic nitrogens is 1. The predicted molar refractivity (Wildman–Crippen MR) is 83.9 cm³/mol. The molecule has 0 amide bonds. The van der Waals surface area contributed by atoms with Crippen molar-refractivity contribution in [3.05, 3.63) is 66.1 Å². The van der Waals surface area contributed by atoms with Crippen molar-refractivity contribution in [3.8, 4) is 11.1 Å². The van der Waals surface area contributed by atoms with Gasteiger partial charge in [0.25, 0.3) is 10.0 Å². The van der Waals surface area contributed by atoms with Crippen LogP contribution in [0.4, 0.5) is 10.3 Å². The van der Waals surface area contributed by atoms with Crippen LogP contribution in [0, 0.1) is 12.7 Å². The summed E-state index contributed by atoms with van der Waals surface area (Å²) in [5.74, 6) is -0.382. The Bertz CT molecular complexity index is 920. The fourth-order valence-electron chi connectivity index (χ4n) is 2.18. The topological polar surface area (TPSA) is 72.2 Å². The molecule has 5 nitrogen and oxygen atoms in total. The van der Waals surface area contributed by atoms with Gasteiger partial charge in [0.05, 0.1) is 16.2 Å². The fraction of sp³-hybridized carbons (Fsp3) is 0.0625. The third-order valence-corrected chi connectivity index (χ3v) is 4.62. The third-order valence-electron chi connectivity index (χ3n) is 3.28. The summed E-state index contributed by atoms with van der Waals surface area (Å²) in [4.78, 5) is 0.110. The molecular formula is C16H13FN2O3S. The smallest absolute Gasteiger partial charge is 0.264 e. The standard InChI is InChI=1S/C16H13FN2O3S/c1-11-15(12-7-9-13(17)10-8-12)16(22-18-11)19-23(20,21)14-5-3-2-4-6-14/h2-10,19H,1H3. The molecule has 0 saturated heterocycles. The van der Waals surface area contributed by atoms with E-state index in [0.717, 1.165) is 0 Å².